The first-order valence-electron chi connectivity index (χ1n) is 10.6. The molecule has 0 radical (unpaired) electrons. The van der Waals surface area contributed by atoms with Crippen LogP contribution in [0.2, 0.25) is 0 Å². The Labute approximate surface area is 185 Å². The highest BCUT2D eigenvalue weighted by atomic mass is 19.1. The van der Waals surface area contributed by atoms with E-state index in [1.54, 1.807) is 12.1 Å². The van der Waals surface area contributed by atoms with E-state index < -0.39 is 0 Å². The minimum absolute atomic E-state index is 0.281. The summed E-state index contributed by atoms with van der Waals surface area (Å²) in [6.07, 6.45) is 0. The van der Waals surface area contributed by atoms with Crippen LogP contribution in [0.5, 0.6) is 0 Å². The Bertz CT molecular complexity index is 1210. The Morgan fingerprint density at radius 1 is 0.844 bits per heavy atom. The van der Waals surface area contributed by atoms with E-state index in [9.17, 15) is 4.39 Å². The van der Waals surface area contributed by atoms with Crippen LogP contribution in [0, 0.1) is 19.7 Å². The SMILES string of the molecule is Cc1ccc(C)c(N2CCN(c3ccc(-c4nc(-c5ccc(F)cc5)no4)nn3)CC2)c1. The Hall–Kier alpha value is -3.81. The first kappa shape index (κ1) is 20.1. The minimum atomic E-state index is -0.311. The summed E-state index contributed by atoms with van der Waals surface area (Å²) in [5.74, 6) is 1.18. The smallest absolute Gasteiger partial charge is 0.278 e. The van der Waals surface area contributed by atoms with E-state index in [2.05, 4.69) is 62.2 Å². The van der Waals surface area contributed by atoms with Crippen molar-refractivity contribution in [3.63, 3.8) is 0 Å². The molecule has 8 heteroatoms. The zero-order chi connectivity index (χ0) is 22.1. The fourth-order valence-corrected chi connectivity index (χ4v) is 3.89. The van der Waals surface area contributed by atoms with Crippen LogP contribution in [0.25, 0.3) is 23.0 Å². The average molecular weight is 430 g/mol. The second kappa shape index (κ2) is 8.37. The number of anilines is 2. The van der Waals surface area contributed by atoms with Gasteiger partial charge in [0.2, 0.25) is 5.82 Å². The number of hydrogen-bond donors (Lipinski definition) is 0. The van der Waals surface area contributed by atoms with Gasteiger partial charge in [0.1, 0.15) is 5.82 Å². The van der Waals surface area contributed by atoms with Gasteiger partial charge in [0.15, 0.2) is 11.5 Å². The summed E-state index contributed by atoms with van der Waals surface area (Å²) in [7, 11) is 0. The zero-order valence-corrected chi connectivity index (χ0v) is 18.0. The van der Waals surface area contributed by atoms with E-state index in [1.165, 1.54) is 28.9 Å². The van der Waals surface area contributed by atoms with Gasteiger partial charge in [-0.1, -0.05) is 17.3 Å². The van der Waals surface area contributed by atoms with Crippen LogP contribution >= 0.6 is 0 Å². The monoisotopic (exact) mass is 430 g/mol. The maximum Gasteiger partial charge on any atom is 0.278 e. The Kier molecular flexibility index (Phi) is 5.26. The largest absolute Gasteiger partial charge is 0.368 e. The summed E-state index contributed by atoms with van der Waals surface area (Å²) in [5.41, 5.74) is 5.06. The Morgan fingerprint density at radius 2 is 1.59 bits per heavy atom. The molecule has 2 aromatic carbocycles. The van der Waals surface area contributed by atoms with Crippen molar-refractivity contribution in [3.05, 3.63) is 71.5 Å². The number of aryl methyl sites for hydroxylation is 2. The number of nitrogens with zero attached hydrogens (tertiary/aromatic N) is 6. The van der Waals surface area contributed by atoms with Gasteiger partial charge in [-0.25, -0.2) is 4.39 Å². The summed E-state index contributed by atoms with van der Waals surface area (Å²) in [5, 5.41) is 12.6. The molecule has 162 valence electrons. The molecule has 4 aromatic rings. The molecule has 0 saturated carbocycles. The van der Waals surface area contributed by atoms with Crippen molar-refractivity contribution in [2.75, 3.05) is 36.0 Å². The van der Waals surface area contributed by atoms with Crippen molar-refractivity contribution in [1.29, 1.82) is 0 Å². The lowest BCUT2D eigenvalue weighted by atomic mass is 10.1. The number of benzene rings is 2. The molecule has 0 unspecified atom stereocenters. The summed E-state index contributed by atoms with van der Waals surface area (Å²) >= 11 is 0. The predicted octanol–water partition coefficient (Wildman–Crippen LogP) is 4.28. The second-order valence-corrected chi connectivity index (χ2v) is 7.97. The molecule has 0 spiro atoms. The standard InChI is InChI=1S/C24H23FN6O/c1-16-3-4-17(2)21(15-16)30-11-13-31(14-12-30)22-10-9-20(27-28-22)24-26-23(29-32-24)18-5-7-19(25)8-6-18/h3-10,15H,11-14H2,1-2H3. The molecule has 2 aromatic heterocycles. The molecule has 3 heterocycles. The third-order valence-electron chi connectivity index (χ3n) is 5.71. The molecular weight excluding hydrogens is 407 g/mol. The van der Waals surface area contributed by atoms with Crippen molar-refractivity contribution < 1.29 is 8.91 Å². The lowest BCUT2D eigenvalue weighted by Gasteiger charge is -2.37. The van der Waals surface area contributed by atoms with Crippen LogP contribution in [0.4, 0.5) is 15.9 Å². The van der Waals surface area contributed by atoms with Crippen LogP contribution in [-0.4, -0.2) is 46.5 Å². The van der Waals surface area contributed by atoms with E-state index in [4.69, 9.17) is 4.52 Å². The van der Waals surface area contributed by atoms with Gasteiger partial charge in [-0.05, 0) is 67.4 Å². The molecule has 0 aliphatic carbocycles. The number of rotatable bonds is 4. The quantitative estimate of drug-likeness (QED) is 0.479. The van der Waals surface area contributed by atoms with Gasteiger partial charge >= 0.3 is 0 Å². The van der Waals surface area contributed by atoms with E-state index in [1.807, 2.05) is 12.1 Å². The maximum absolute atomic E-state index is 13.1. The Balaban J connectivity index is 1.26. The molecular formula is C24H23FN6O. The van der Waals surface area contributed by atoms with Crippen molar-refractivity contribution in [2.45, 2.75) is 13.8 Å². The first-order valence-corrected chi connectivity index (χ1v) is 10.6. The number of halogens is 1. The highest BCUT2D eigenvalue weighted by Gasteiger charge is 2.20. The van der Waals surface area contributed by atoms with Crippen LogP contribution in [0.3, 0.4) is 0 Å². The van der Waals surface area contributed by atoms with Crippen LogP contribution in [0.15, 0.2) is 59.1 Å². The van der Waals surface area contributed by atoms with E-state index in [0.29, 0.717) is 17.1 Å². The molecule has 1 fully saturated rings. The number of hydrogen-bond acceptors (Lipinski definition) is 7. The third kappa shape index (κ3) is 4.03. The highest BCUT2D eigenvalue weighted by molar-refractivity contribution is 5.59. The van der Waals surface area contributed by atoms with Gasteiger partial charge in [0, 0.05) is 37.4 Å². The summed E-state index contributed by atoms with van der Waals surface area (Å²) in [6, 6.07) is 16.3. The zero-order valence-electron chi connectivity index (χ0n) is 18.0. The van der Waals surface area contributed by atoms with Crippen LogP contribution < -0.4 is 9.80 Å². The molecule has 0 bridgehead atoms. The molecule has 1 aliphatic rings. The molecule has 7 nitrogen and oxygen atoms in total. The van der Waals surface area contributed by atoms with Crippen LogP contribution in [-0.2, 0) is 0 Å². The highest BCUT2D eigenvalue weighted by Crippen LogP contribution is 2.25. The van der Waals surface area contributed by atoms with Gasteiger partial charge < -0.3 is 14.3 Å². The normalized spacial score (nSPS) is 14.1. The molecule has 0 N–H and O–H groups in total. The minimum Gasteiger partial charge on any atom is -0.368 e. The molecule has 1 saturated heterocycles. The van der Waals surface area contributed by atoms with Crippen LogP contribution in [0.1, 0.15) is 11.1 Å². The fourth-order valence-electron chi connectivity index (χ4n) is 3.89. The summed E-state index contributed by atoms with van der Waals surface area (Å²) in [4.78, 5) is 9.02. The van der Waals surface area contributed by atoms with Gasteiger partial charge in [0.05, 0.1) is 0 Å². The summed E-state index contributed by atoms with van der Waals surface area (Å²) in [6.45, 7) is 7.89. The van der Waals surface area contributed by atoms with Crippen molar-refractivity contribution in [2.24, 2.45) is 0 Å². The van der Waals surface area contributed by atoms with E-state index >= 15 is 0 Å². The third-order valence-corrected chi connectivity index (χ3v) is 5.71. The maximum atomic E-state index is 13.1. The van der Waals surface area contributed by atoms with Crippen molar-refractivity contribution in [1.82, 2.24) is 20.3 Å². The average Bonchev–Trinajstić information content (AvgIpc) is 3.32. The van der Waals surface area contributed by atoms with Gasteiger partial charge in [-0.2, -0.15) is 4.98 Å². The lowest BCUT2D eigenvalue weighted by Crippen LogP contribution is -2.47. The summed E-state index contributed by atoms with van der Waals surface area (Å²) < 4.78 is 18.4. The second-order valence-electron chi connectivity index (χ2n) is 7.97. The first-order chi connectivity index (χ1) is 15.6. The van der Waals surface area contributed by atoms with E-state index in [0.717, 1.165) is 32.0 Å². The number of piperazine rings is 1. The van der Waals surface area contributed by atoms with Gasteiger partial charge in [0.25, 0.3) is 5.89 Å². The Morgan fingerprint density at radius 3 is 2.31 bits per heavy atom. The van der Waals surface area contributed by atoms with Crippen molar-refractivity contribution >= 4 is 11.5 Å². The van der Waals surface area contributed by atoms with Gasteiger partial charge in [-0.3, -0.25) is 0 Å². The number of aromatic nitrogens is 4. The molecule has 0 atom stereocenters. The van der Waals surface area contributed by atoms with Crippen molar-refractivity contribution in [3.8, 4) is 23.0 Å². The topological polar surface area (TPSA) is 71.2 Å². The predicted molar refractivity (Wildman–Crippen MR) is 121 cm³/mol. The fraction of sp³-hybridized carbons (Fsp3) is 0.250. The van der Waals surface area contributed by atoms with E-state index in [-0.39, 0.29) is 11.7 Å². The molecule has 32 heavy (non-hydrogen) atoms. The van der Waals surface area contributed by atoms with Gasteiger partial charge in [-0.15, -0.1) is 10.2 Å². The lowest BCUT2D eigenvalue weighted by molar-refractivity contribution is 0.430. The molecule has 0 amide bonds. The molecule has 5 rings (SSSR count). The molecule has 1 aliphatic heterocycles.